The van der Waals surface area contributed by atoms with Crippen molar-refractivity contribution >= 4 is 11.7 Å². The minimum atomic E-state index is -0.0279. The van der Waals surface area contributed by atoms with Crippen LogP contribution >= 0.6 is 0 Å². The molecule has 1 N–H and O–H groups in total. The van der Waals surface area contributed by atoms with Crippen molar-refractivity contribution in [2.45, 2.75) is 44.7 Å². The molecule has 1 amide bonds. The molecule has 3 rings (SSSR count). The molecular formula is C14H19N3O. The number of carbonyl (C=O) groups excluding carboxylic acids is 1. The Morgan fingerprint density at radius 1 is 1.39 bits per heavy atom. The van der Waals surface area contributed by atoms with Crippen LogP contribution in [0.5, 0.6) is 0 Å². The van der Waals surface area contributed by atoms with Crippen LogP contribution in [0.3, 0.4) is 0 Å². The van der Waals surface area contributed by atoms with Gasteiger partial charge in [0.1, 0.15) is 11.9 Å². The number of nitrogens with zero attached hydrogens (tertiary/aromatic N) is 2. The zero-order chi connectivity index (χ0) is 12.5. The van der Waals surface area contributed by atoms with Gasteiger partial charge in [0.25, 0.3) is 0 Å². The molecule has 4 heteroatoms. The van der Waals surface area contributed by atoms with Crippen molar-refractivity contribution in [1.29, 1.82) is 0 Å². The molecule has 2 fully saturated rings. The van der Waals surface area contributed by atoms with Crippen LogP contribution in [0.1, 0.15) is 31.4 Å². The molecule has 0 aromatic carbocycles. The molecule has 0 unspecified atom stereocenters. The Morgan fingerprint density at radius 2 is 2.22 bits per heavy atom. The zero-order valence-electron chi connectivity index (χ0n) is 10.7. The Labute approximate surface area is 107 Å². The second-order valence-corrected chi connectivity index (χ2v) is 5.27. The van der Waals surface area contributed by atoms with E-state index in [0.717, 1.165) is 43.7 Å². The Kier molecular flexibility index (Phi) is 2.94. The highest BCUT2D eigenvalue weighted by molar-refractivity contribution is 5.86. The van der Waals surface area contributed by atoms with Crippen LogP contribution in [-0.2, 0) is 4.79 Å². The summed E-state index contributed by atoms with van der Waals surface area (Å²) in [6.45, 7) is 2.91. The molecule has 1 saturated carbocycles. The molecule has 1 aromatic rings. The summed E-state index contributed by atoms with van der Waals surface area (Å²) in [6, 6.07) is 6.39. The van der Waals surface area contributed by atoms with Gasteiger partial charge in [-0.15, -0.1) is 0 Å². The topological polar surface area (TPSA) is 45.2 Å². The number of aromatic nitrogens is 1. The van der Waals surface area contributed by atoms with Gasteiger partial charge < -0.3 is 10.2 Å². The molecule has 1 aromatic heterocycles. The lowest BCUT2D eigenvalue weighted by atomic mass is 10.2. The van der Waals surface area contributed by atoms with E-state index >= 15 is 0 Å². The Balaban J connectivity index is 1.75. The molecule has 1 aliphatic heterocycles. The SMILES string of the molecule is Cc1cccc(N2CCC[C@H]2C(=O)NC2CC2)n1. The maximum Gasteiger partial charge on any atom is 0.242 e. The number of rotatable bonds is 3. The van der Waals surface area contributed by atoms with E-state index in [1.165, 1.54) is 0 Å². The van der Waals surface area contributed by atoms with Crippen molar-refractivity contribution in [3.8, 4) is 0 Å². The molecule has 0 radical (unpaired) electrons. The van der Waals surface area contributed by atoms with E-state index in [-0.39, 0.29) is 11.9 Å². The van der Waals surface area contributed by atoms with Gasteiger partial charge in [-0.25, -0.2) is 4.98 Å². The fourth-order valence-electron chi connectivity index (χ4n) is 2.53. The van der Waals surface area contributed by atoms with Crippen molar-refractivity contribution < 1.29 is 4.79 Å². The Hall–Kier alpha value is -1.58. The highest BCUT2D eigenvalue weighted by atomic mass is 16.2. The van der Waals surface area contributed by atoms with Crippen molar-refractivity contribution in [2.24, 2.45) is 0 Å². The first-order valence-corrected chi connectivity index (χ1v) is 6.75. The van der Waals surface area contributed by atoms with E-state index in [1.807, 2.05) is 25.1 Å². The summed E-state index contributed by atoms with van der Waals surface area (Å²) in [6.07, 6.45) is 4.29. The normalized spacial score (nSPS) is 23.2. The molecule has 2 heterocycles. The summed E-state index contributed by atoms with van der Waals surface area (Å²) in [5.41, 5.74) is 1.00. The average Bonchev–Trinajstić information content (AvgIpc) is 3.03. The predicted octanol–water partition coefficient (Wildman–Crippen LogP) is 1.64. The number of hydrogen-bond acceptors (Lipinski definition) is 3. The predicted molar refractivity (Wildman–Crippen MR) is 70.5 cm³/mol. The van der Waals surface area contributed by atoms with Crippen LogP contribution in [-0.4, -0.2) is 29.5 Å². The minimum Gasteiger partial charge on any atom is -0.352 e. The van der Waals surface area contributed by atoms with E-state index in [4.69, 9.17) is 0 Å². The van der Waals surface area contributed by atoms with Crippen LogP contribution in [0, 0.1) is 6.92 Å². The van der Waals surface area contributed by atoms with Crippen molar-refractivity contribution in [3.63, 3.8) is 0 Å². The van der Waals surface area contributed by atoms with E-state index < -0.39 is 0 Å². The van der Waals surface area contributed by atoms with E-state index in [9.17, 15) is 4.79 Å². The Bertz CT molecular complexity index is 456. The lowest BCUT2D eigenvalue weighted by Crippen LogP contribution is -2.44. The van der Waals surface area contributed by atoms with Crippen molar-refractivity contribution in [3.05, 3.63) is 23.9 Å². The summed E-state index contributed by atoms with van der Waals surface area (Å²) >= 11 is 0. The smallest absolute Gasteiger partial charge is 0.242 e. The summed E-state index contributed by atoms with van der Waals surface area (Å²) in [5, 5.41) is 3.10. The lowest BCUT2D eigenvalue weighted by Gasteiger charge is -2.25. The first-order valence-electron chi connectivity index (χ1n) is 6.75. The molecule has 96 valence electrons. The quantitative estimate of drug-likeness (QED) is 0.880. The van der Waals surface area contributed by atoms with Crippen molar-refractivity contribution in [2.75, 3.05) is 11.4 Å². The van der Waals surface area contributed by atoms with Gasteiger partial charge >= 0.3 is 0 Å². The maximum absolute atomic E-state index is 12.2. The highest BCUT2D eigenvalue weighted by Crippen LogP contribution is 2.26. The molecular weight excluding hydrogens is 226 g/mol. The molecule has 1 aliphatic carbocycles. The van der Waals surface area contributed by atoms with Crippen LogP contribution in [0.15, 0.2) is 18.2 Å². The molecule has 2 aliphatic rings. The summed E-state index contributed by atoms with van der Waals surface area (Å²) in [7, 11) is 0. The third-order valence-electron chi connectivity index (χ3n) is 3.65. The average molecular weight is 245 g/mol. The molecule has 0 spiro atoms. The highest BCUT2D eigenvalue weighted by Gasteiger charge is 2.34. The van der Waals surface area contributed by atoms with Gasteiger partial charge in [-0.2, -0.15) is 0 Å². The number of aryl methyl sites for hydroxylation is 1. The van der Waals surface area contributed by atoms with Gasteiger partial charge in [0.05, 0.1) is 0 Å². The number of carbonyl (C=O) groups is 1. The van der Waals surface area contributed by atoms with Gasteiger partial charge in [0.15, 0.2) is 0 Å². The van der Waals surface area contributed by atoms with Gasteiger partial charge in [-0.1, -0.05) is 6.07 Å². The first kappa shape index (κ1) is 11.5. The number of anilines is 1. The van der Waals surface area contributed by atoms with Crippen LogP contribution < -0.4 is 10.2 Å². The van der Waals surface area contributed by atoms with Crippen LogP contribution in [0.4, 0.5) is 5.82 Å². The van der Waals surface area contributed by atoms with E-state index in [0.29, 0.717) is 6.04 Å². The first-order chi connectivity index (χ1) is 8.74. The van der Waals surface area contributed by atoms with Gasteiger partial charge in [-0.3, -0.25) is 4.79 Å². The number of hydrogen-bond donors (Lipinski definition) is 1. The fraction of sp³-hybridized carbons (Fsp3) is 0.571. The van der Waals surface area contributed by atoms with E-state index in [1.54, 1.807) is 0 Å². The summed E-state index contributed by atoms with van der Waals surface area (Å²) in [5.74, 6) is 1.11. The molecule has 18 heavy (non-hydrogen) atoms. The lowest BCUT2D eigenvalue weighted by molar-refractivity contribution is -0.122. The summed E-state index contributed by atoms with van der Waals surface area (Å²) < 4.78 is 0. The monoisotopic (exact) mass is 245 g/mol. The standard InChI is InChI=1S/C14H19N3O/c1-10-4-2-6-13(15-10)17-9-3-5-12(17)14(18)16-11-7-8-11/h2,4,6,11-12H,3,5,7-9H2,1H3,(H,16,18)/t12-/m0/s1. The third kappa shape index (κ3) is 2.33. The third-order valence-corrected chi connectivity index (χ3v) is 3.65. The number of pyridine rings is 1. The van der Waals surface area contributed by atoms with Crippen LogP contribution in [0.25, 0.3) is 0 Å². The van der Waals surface area contributed by atoms with E-state index in [2.05, 4.69) is 15.2 Å². The second kappa shape index (κ2) is 4.59. The number of amides is 1. The fourth-order valence-corrected chi connectivity index (χ4v) is 2.53. The molecule has 4 nitrogen and oxygen atoms in total. The maximum atomic E-state index is 12.2. The van der Waals surface area contributed by atoms with Crippen LogP contribution in [0.2, 0.25) is 0 Å². The molecule has 1 saturated heterocycles. The molecule has 1 atom stereocenters. The second-order valence-electron chi connectivity index (χ2n) is 5.27. The molecule has 0 bridgehead atoms. The Morgan fingerprint density at radius 3 is 2.94 bits per heavy atom. The minimum absolute atomic E-state index is 0.0279. The van der Waals surface area contributed by atoms with Gasteiger partial charge in [-0.05, 0) is 44.7 Å². The zero-order valence-corrected chi connectivity index (χ0v) is 10.7. The summed E-state index contributed by atoms with van der Waals surface area (Å²) in [4.78, 5) is 18.9. The van der Waals surface area contributed by atoms with Crippen molar-refractivity contribution in [1.82, 2.24) is 10.3 Å². The van der Waals surface area contributed by atoms with Gasteiger partial charge in [0, 0.05) is 18.3 Å². The van der Waals surface area contributed by atoms with Gasteiger partial charge in [0.2, 0.25) is 5.91 Å². The number of nitrogens with one attached hydrogen (secondary N) is 1. The largest absolute Gasteiger partial charge is 0.352 e.